The molecule has 6 rings (SSSR count). The number of carboxylic acids is 1. The van der Waals surface area contributed by atoms with Crippen LogP contribution in [0.2, 0.25) is 0 Å². The zero-order chi connectivity index (χ0) is 43.9. The van der Waals surface area contributed by atoms with Gasteiger partial charge in [-0.25, -0.2) is 0 Å². The number of ether oxygens (including phenoxy) is 10. The molecule has 0 aromatic carbocycles. The number of aliphatic hydroxyl groups is 2. The molecule has 6 heterocycles. The molecule has 0 saturated carbocycles. The number of carbonyl (C=O) groups is 1. The first-order chi connectivity index (χ1) is 28.4. The van der Waals surface area contributed by atoms with Crippen LogP contribution in [0.3, 0.4) is 0 Å². The van der Waals surface area contributed by atoms with Gasteiger partial charge in [0.1, 0.15) is 6.10 Å². The third kappa shape index (κ3) is 9.25. The molecule has 14 heteroatoms. The summed E-state index contributed by atoms with van der Waals surface area (Å²) < 4.78 is 66.7. The van der Waals surface area contributed by atoms with Crippen LogP contribution in [0, 0.1) is 35.5 Å². The summed E-state index contributed by atoms with van der Waals surface area (Å²) >= 11 is 0. The van der Waals surface area contributed by atoms with Gasteiger partial charge < -0.3 is 62.7 Å². The summed E-state index contributed by atoms with van der Waals surface area (Å²) in [5.74, 6) is -4.49. The summed E-state index contributed by atoms with van der Waals surface area (Å²) in [5.41, 5.74) is -1.56. The second kappa shape index (κ2) is 19.2. The van der Waals surface area contributed by atoms with Crippen molar-refractivity contribution in [1.82, 2.24) is 0 Å². The van der Waals surface area contributed by atoms with Crippen LogP contribution in [-0.4, -0.2) is 139 Å². The highest BCUT2D eigenvalue weighted by Crippen LogP contribution is 2.56. The molecule has 0 amide bonds. The maximum Gasteiger partial charge on any atom is 0.309 e. The number of carboxylic acid groups (broad SMARTS) is 1. The Balaban J connectivity index is 1.30. The SMILES string of the molecule is CCCC1(C2OC(C3OC(O)(CO)C(C)CC3C)CC2C)CC(OC2CCC(OC)C(C)O2)C(C2(C)CCC3(CC(OC)C(C)C(C(C)C(OC)C(CC)C(=O)O)O3)O2)O1. The Kier molecular flexibility index (Phi) is 15.5. The molecule has 348 valence electrons. The topological polar surface area (TPSA) is 170 Å². The molecule has 6 aliphatic heterocycles. The van der Waals surface area contributed by atoms with Gasteiger partial charge in [0.05, 0.1) is 78.7 Å². The van der Waals surface area contributed by atoms with Crippen molar-refractivity contribution in [3.63, 3.8) is 0 Å². The standard InChI is InChI=1S/C46H80O14/c1-13-17-44(40-26(4)21-33(56-40)37-25(3)20-27(5)46(50,24-47)58-37)22-35(55-36-16-15-32(51-10)30(8)54-36)41(59-44)43(9)18-19-45(60-43)23-34(52-11)28(6)38(57-45)29(7)39(53-12)31(14-2)42(48)49/h25-41,47,50H,13-24H2,1-12H3,(H,48,49). The second-order valence-corrected chi connectivity index (χ2v) is 20.0. The van der Waals surface area contributed by atoms with E-state index in [-0.39, 0.29) is 66.2 Å². The molecular weight excluding hydrogens is 776 g/mol. The Labute approximate surface area is 359 Å². The Morgan fingerprint density at radius 1 is 0.867 bits per heavy atom. The van der Waals surface area contributed by atoms with E-state index in [0.717, 1.165) is 25.7 Å². The third-order valence-corrected chi connectivity index (χ3v) is 15.8. The van der Waals surface area contributed by atoms with Crippen molar-refractivity contribution in [2.75, 3.05) is 27.9 Å². The molecular formula is C46H80O14. The predicted octanol–water partition coefficient (Wildman–Crippen LogP) is 6.24. The summed E-state index contributed by atoms with van der Waals surface area (Å²) in [6, 6.07) is 0. The number of methoxy groups -OCH3 is 3. The second-order valence-electron chi connectivity index (χ2n) is 20.0. The molecule has 6 aliphatic rings. The molecule has 21 atom stereocenters. The van der Waals surface area contributed by atoms with Crippen molar-refractivity contribution in [2.24, 2.45) is 35.5 Å². The monoisotopic (exact) mass is 857 g/mol. The van der Waals surface area contributed by atoms with Crippen LogP contribution in [0.5, 0.6) is 0 Å². The molecule has 21 unspecified atom stereocenters. The molecule has 3 N–H and O–H groups in total. The summed E-state index contributed by atoms with van der Waals surface area (Å²) in [5, 5.41) is 31.5. The summed E-state index contributed by atoms with van der Waals surface area (Å²) in [6.07, 6.45) is 3.64. The number of aliphatic carboxylic acids is 1. The van der Waals surface area contributed by atoms with Gasteiger partial charge in [0.25, 0.3) is 0 Å². The average molecular weight is 857 g/mol. The molecule has 0 aliphatic carbocycles. The maximum atomic E-state index is 12.4. The van der Waals surface area contributed by atoms with Gasteiger partial charge in [-0.3, -0.25) is 4.79 Å². The quantitative estimate of drug-likeness (QED) is 0.159. The fourth-order valence-electron chi connectivity index (χ4n) is 12.5. The lowest BCUT2D eigenvalue weighted by Gasteiger charge is -2.50. The van der Waals surface area contributed by atoms with Crippen LogP contribution in [0.15, 0.2) is 0 Å². The Hall–Kier alpha value is -1.01. The Morgan fingerprint density at radius 2 is 1.58 bits per heavy atom. The van der Waals surface area contributed by atoms with E-state index in [9.17, 15) is 20.1 Å². The normalized spacial score (nSPS) is 49.0. The molecule has 60 heavy (non-hydrogen) atoms. The Bertz CT molecular complexity index is 1420. The van der Waals surface area contributed by atoms with E-state index in [4.69, 9.17) is 47.4 Å². The molecule has 14 nitrogen and oxygen atoms in total. The Morgan fingerprint density at radius 3 is 2.18 bits per heavy atom. The van der Waals surface area contributed by atoms with Crippen molar-refractivity contribution in [3.8, 4) is 0 Å². The van der Waals surface area contributed by atoms with Gasteiger partial charge >= 0.3 is 5.97 Å². The van der Waals surface area contributed by atoms with E-state index in [1.54, 1.807) is 21.3 Å². The lowest BCUT2D eigenvalue weighted by atomic mass is 9.77. The fourth-order valence-corrected chi connectivity index (χ4v) is 12.5. The van der Waals surface area contributed by atoms with Crippen LogP contribution in [0.1, 0.15) is 133 Å². The summed E-state index contributed by atoms with van der Waals surface area (Å²) in [7, 11) is 5.02. The lowest BCUT2D eigenvalue weighted by Crippen LogP contribution is -2.58. The number of rotatable bonds is 16. The van der Waals surface area contributed by atoms with E-state index in [1.807, 2.05) is 27.7 Å². The minimum absolute atomic E-state index is 0.00790. The van der Waals surface area contributed by atoms with E-state index in [1.165, 1.54) is 0 Å². The van der Waals surface area contributed by atoms with Crippen LogP contribution in [-0.2, 0) is 52.2 Å². The minimum atomic E-state index is -1.61. The first-order valence-electron chi connectivity index (χ1n) is 23.2. The van der Waals surface area contributed by atoms with E-state index >= 15 is 0 Å². The summed E-state index contributed by atoms with van der Waals surface area (Å²) in [6.45, 7) is 18.1. The van der Waals surface area contributed by atoms with Gasteiger partial charge in [0, 0.05) is 64.8 Å². The highest BCUT2D eigenvalue weighted by Gasteiger charge is 2.65. The van der Waals surface area contributed by atoms with Gasteiger partial charge in [-0.2, -0.15) is 0 Å². The van der Waals surface area contributed by atoms with Crippen molar-refractivity contribution in [3.05, 3.63) is 0 Å². The van der Waals surface area contributed by atoms with Gasteiger partial charge in [-0.1, -0.05) is 54.9 Å². The first kappa shape index (κ1) is 48.4. The lowest BCUT2D eigenvalue weighted by molar-refractivity contribution is -0.342. The third-order valence-electron chi connectivity index (χ3n) is 15.8. The molecule has 0 bridgehead atoms. The summed E-state index contributed by atoms with van der Waals surface area (Å²) in [4.78, 5) is 12.4. The number of hydrogen-bond donors (Lipinski definition) is 3. The number of hydrogen-bond acceptors (Lipinski definition) is 13. The first-order valence-corrected chi connectivity index (χ1v) is 23.2. The zero-order valence-corrected chi connectivity index (χ0v) is 38.6. The van der Waals surface area contributed by atoms with Crippen molar-refractivity contribution >= 4 is 5.97 Å². The van der Waals surface area contributed by atoms with Crippen LogP contribution in [0.25, 0.3) is 0 Å². The van der Waals surface area contributed by atoms with Crippen LogP contribution >= 0.6 is 0 Å². The van der Waals surface area contributed by atoms with Crippen molar-refractivity contribution in [2.45, 2.75) is 223 Å². The van der Waals surface area contributed by atoms with Gasteiger partial charge in [-0.05, 0) is 64.2 Å². The fraction of sp³-hybridized carbons (Fsp3) is 0.978. The number of aliphatic hydroxyl groups excluding tert-OH is 1. The van der Waals surface area contributed by atoms with Gasteiger partial charge in [0.2, 0.25) is 0 Å². The highest BCUT2D eigenvalue weighted by atomic mass is 16.7. The van der Waals surface area contributed by atoms with E-state index in [2.05, 4.69) is 34.6 Å². The van der Waals surface area contributed by atoms with Gasteiger partial charge in [-0.15, -0.1) is 0 Å². The van der Waals surface area contributed by atoms with Gasteiger partial charge in [0.15, 0.2) is 17.9 Å². The zero-order valence-electron chi connectivity index (χ0n) is 38.6. The largest absolute Gasteiger partial charge is 0.481 e. The molecule has 0 aromatic heterocycles. The van der Waals surface area contributed by atoms with Crippen molar-refractivity contribution < 1.29 is 67.5 Å². The molecule has 0 radical (unpaired) electrons. The minimum Gasteiger partial charge on any atom is -0.481 e. The molecule has 1 spiro atoms. The highest BCUT2D eigenvalue weighted by molar-refractivity contribution is 5.70. The van der Waals surface area contributed by atoms with Crippen LogP contribution < -0.4 is 0 Å². The smallest absolute Gasteiger partial charge is 0.309 e. The molecule has 0 aromatic rings. The maximum absolute atomic E-state index is 12.4. The predicted molar refractivity (Wildman–Crippen MR) is 221 cm³/mol. The van der Waals surface area contributed by atoms with E-state index < -0.39 is 72.0 Å². The van der Waals surface area contributed by atoms with Crippen LogP contribution in [0.4, 0.5) is 0 Å². The van der Waals surface area contributed by atoms with Crippen molar-refractivity contribution in [1.29, 1.82) is 0 Å². The van der Waals surface area contributed by atoms with E-state index in [0.29, 0.717) is 44.9 Å². The molecule has 6 saturated heterocycles. The average Bonchev–Trinajstić information content (AvgIpc) is 3.89. The molecule has 6 fully saturated rings.